The van der Waals surface area contributed by atoms with Gasteiger partial charge in [-0.2, -0.15) is 0 Å². The van der Waals surface area contributed by atoms with E-state index in [1.807, 2.05) is 18.2 Å². The van der Waals surface area contributed by atoms with Gasteiger partial charge in [0.25, 0.3) is 0 Å². The molecular weight excluding hydrogens is 298 g/mol. The molecule has 2 aromatic heterocycles. The largest absolute Gasteiger partial charge is 0.348 e. The molecule has 0 radical (unpaired) electrons. The highest BCUT2D eigenvalue weighted by molar-refractivity contribution is 7.99. The molecular formula is C15H17N5OS. The van der Waals surface area contributed by atoms with Crippen LogP contribution in [0.25, 0.3) is 22.1 Å². The molecule has 0 aliphatic rings. The van der Waals surface area contributed by atoms with Crippen molar-refractivity contribution in [3.05, 3.63) is 24.3 Å². The third kappa shape index (κ3) is 2.52. The van der Waals surface area contributed by atoms with Crippen molar-refractivity contribution in [2.75, 3.05) is 19.8 Å². The summed E-state index contributed by atoms with van der Waals surface area (Å²) >= 11 is 1.31. The molecule has 0 saturated carbocycles. The zero-order valence-electron chi connectivity index (χ0n) is 12.8. The van der Waals surface area contributed by atoms with Crippen molar-refractivity contribution in [2.24, 2.45) is 0 Å². The van der Waals surface area contributed by atoms with Gasteiger partial charge in [-0.3, -0.25) is 4.79 Å². The Bertz CT molecular complexity index is 842. The predicted molar refractivity (Wildman–Crippen MR) is 87.9 cm³/mol. The van der Waals surface area contributed by atoms with Gasteiger partial charge in [-0.25, -0.2) is 4.98 Å². The quantitative estimate of drug-likeness (QED) is 0.691. The minimum atomic E-state index is 0.0322. The number of aromatic nitrogens is 4. The lowest BCUT2D eigenvalue weighted by Crippen LogP contribution is -2.23. The molecule has 0 aliphatic heterocycles. The molecule has 6 nitrogen and oxygen atoms in total. The average Bonchev–Trinajstić information content (AvgIpc) is 2.85. The van der Waals surface area contributed by atoms with E-state index >= 15 is 0 Å². The van der Waals surface area contributed by atoms with Crippen molar-refractivity contribution in [2.45, 2.75) is 18.6 Å². The number of amides is 1. The number of carbonyl (C=O) groups is 1. The molecule has 0 aliphatic carbocycles. The molecule has 0 spiro atoms. The van der Waals surface area contributed by atoms with E-state index in [1.165, 1.54) is 11.8 Å². The summed E-state index contributed by atoms with van der Waals surface area (Å²) in [7, 11) is 3.47. The van der Waals surface area contributed by atoms with Gasteiger partial charge >= 0.3 is 0 Å². The van der Waals surface area contributed by atoms with Gasteiger partial charge in [-0.1, -0.05) is 30.0 Å². The number of thioether (sulfide) groups is 1. The highest BCUT2D eigenvalue weighted by Crippen LogP contribution is 2.26. The smallest absolute Gasteiger partial charge is 0.232 e. The first-order valence-corrected chi connectivity index (χ1v) is 8.05. The summed E-state index contributed by atoms with van der Waals surface area (Å²) in [5.74, 6) is 0.344. The van der Waals surface area contributed by atoms with Crippen LogP contribution in [-0.2, 0) is 11.3 Å². The van der Waals surface area contributed by atoms with E-state index in [2.05, 4.69) is 32.7 Å². The predicted octanol–water partition coefficient (Wildman–Crippen LogP) is 2.18. The van der Waals surface area contributed by atoms with Crippen LogP contribution in [0.4, 0.5) is 0 Å². The lowest BCUT2D eigenvalue weighted by molar-refractivity contribution is -0.125. The lowest BCUT2D eigenvalue weighted by atomic mass is 10.2. The summed E-state index contributed by atoms with van der Waals surface area (Å²) < 4.78 is 2.12. The SMILES string of the molecule is CCn1c2ccccc2c2nnc(SCC(=O)N(C)C)nc21. The van der Waals surface area contributed by atoms with Crippen molar-refractivity contribution >= 4 is 39.7 Å². The summed E-state index contributed by atoms with van der Waals surface area (Å²) in [6, 6.07) is 8.08. The van der Waals surface area contributed by atoms with Crippen molar-refractivity contribution in [3.63, 3.8) is 0 Å². The minimum absolute atomic E-state index is 0.0322. The second kappa shape index (κ2) is 5.92. The van der Waals surface area contributed by atoms with E-state index in [-0.39, 0.29) is 5.91 Å². The molecule has 1 aromatic carbocycles. The molecule has 22 heavy (non-hydrogen) atoms. The Labute approximate surface area is 132 Å². The molecule has 1 amide bonds. The maximum atomic E-state index is 11.7. The van der Waals surface area contributed by atoms with Gasteiger partial charge in [0.05, 0.1) is 11.3 Å². The number of rotatable bonds is 4. The van der Waals surface area contributed by atoms with E-state index < -0.39 is 0 Å². The van der Waals surface area contributed by atoms with Crippen LogP contribution in [0.3, 0.4) is 0 Å². The average molecular weight is 315 g/mol. The van der Waals surface area contributed by atoms with Gasteiger partial charge in [0.1, 0.15) is 5.52 Å². The van der Waals surface area contributed by atoms with Crippen molar-refractivity contribution in [1.29, 1.82) is 0 Å². The summed E-state index contributed by atoms with van der Waals surface area (Å²) in [6.45, 7) is 2.89. The first-order valence-electron chi connectivity index (χ1n) is 7.06. The Kier molecular flexibility index (Phi) is 3.98. The van der Waals surface area contributed by atoms with Crippen molar-refractivity contribution in [3.8, 4) is 0 Å². The molecule has 0 fully saturated rings. The van der Waals surface area contributed by atoms with Crippen LogP contribution in [0.2, 0.25) is 0 Å². The van der Waals surface area contributed by atoms with Crippen LogP contribution in [0.5, 0.6) is 0 Å². The van der Waals surface area contributed by atoms with Crippen molar-refractivity contribution in [1.82, 2.24) is 24.6 Å². The molecule has 3 rings (SSSR count). The highest BCUT2D eigenvalue weighted by Gasteiger charge is 2.14. The first kappa shape index (κ1) is 14.8. The number of aryl methyl sites for hydroxylation is 1. The van der Waals surface area contributed by atoms with E-state index in [0.717, 1.165) is 28.6 Å². The second-order valence-electron chi connectivity index (χ2n) is 5.10. The monoisotopic (exact) mass is 315 g/mol. The number of fused-ring (bicyclic) bond motifs is 3. The molecule has 0 N–H and O–H groups in total. The maximum absolute atomic E-state index is 11.7. The van der Waals surface area contributed by atoms with E-state index in [1.54, 1.807) is 19.0 Å². The van der Waals surface area contributed by atoms with Gasteiger partial charge in [0.2, 0.25) is 11.1 Å². The highest BCUT2D eigenvalue weighted by atomic mass is 32.2. The Balaban J connectivity index is 2.02. The number of hydrogen-bond donors (Lipinski definition) is 0. The normalized spacial score (nSPS) is 11.2. The number of nitrogens with zero attached hydrogens (tertiary/aromatic N) is 5. The Morgan fingerprint density at radius 3 is 2.77 bits per heavy atom. The molecule has 7 heteroatoms. The standard InChI is InChI=1S/C15H17N5OS/c1-4-20-11-8-6-5-7-10(11)13-14(20)16-15(18-17-13)22-9-12(21)19(2)3/h5-8H,4,9H2,1-3H3. The summed E-state index contributed by atoms with van der Waals surface area (Å²) in [6.07, 6.45) is 0. The summed E-state index contributed by atoms with van der Waals surface area (Å²) in [5.41, 5.74) is 2.73. The lowest BCUT2D eigenvalue weighted by Gasteiger charge is -2.08. The van der Waals surface area contributed by atoms with Gasteiger partial charge in [-0.15, -0.1) is 10.2 Å². The zero-order chi connectivity index (χ0) is 15.7. The van der Waals surface area contributed by atoms with Crippen LogP contribution in [0, 0.1) is 0 Å². The molecule has 0 unspecified atom stereocenters. The molecule has 0 atom stereocenters. The minimum Gasteiger partial charge on any atom is -0.348 e. The summed E-state index contributed by atoms with van der Waals surface area (Å²) in [5, 5.41) is 10.1. The maximum Gasteiger partial charge on any atom is 0.232 e. The van der Waals surface area contributed by atoms with Crippen molar-refractivity contribution < 1.29 is 4.79 Å². The Hall–Kier alpha value is -2.15. The fourth-order valence-corrected chi connectivity index (χ4v) is 3.09. The number of carbonyl (C=O) groups excluding carboxylic acids is 1. The molecule has 114 valence electrons. The van der Waals surface area contributed by atoms with Crippen LogP contribution >= 0.6 is 11.8 Å². The van der Waals surface area contributed by atoms with E-state index in [4.69, 9.17) is 0 Å². The van der Waals surface area contributed by atoms with Crippen LogP contribution in [0.15, 0.2) is 29.4 Å². The second-order valence-corrected chi connectivity index (χ2v) is 6.05. The van der Waals surface area contributed by atoms with Gasteiger partial charge in [0, 0.05) is 26.0 Å². The third-order valence-electron chi connectivity index (χ3n) is 3.49. The van der Waals surface area contributed by atoms with Crippen LogP contribution in [-0.4, -0.2) is 50.4 Å². The Morgan fingerprint density at radius 2 is 2.05 bits per heavy atom. The van der Waals surface area contributed by atoms with Gasteiger partial charge in [-0.05, 0) is 13.0 Å². The number of hydrogen-bond acceptors (Lipinski definition) is 5. The molecule has 0 saturated heterocycles. The van der Waals surface area contributed by atoms with Crippen LogP contribution in [0.1, 0.15) is 6.92 Å². The topological polar surface area (TPSA) is 63.9 Å². The number of benzene rings is 1. The third-order valence-corrected chi connectivity index (χ3v) is 4.32. The first-order chi connectivity index (χ1) is 10.6. The molecule has 0 bridgehead atoms. The van der Waals surface area contributed by atoms with Crippen LogP contribution < -0.4 is 0 Å². The zero-order valence-corrected chi connectivity index (χ0v) is 13.6. The van der Waals surface area contributed by atoms with Gasteiger partial charge < -0.3 is 9.47 Å². The summed E-state index contributed by atoms with van der Waals surface area (Å²) in [4.78, 5) is 17.8. The molecule has 3 aromatic rings. The number of para-hydroxylation sites is 1. The molecule has 2 heterocycles. The van der Waals surface area contributed by atoms with E-state index in [0.29, 0.717) is 10.9 Å². The van der Waals surface area contributed by atoms with Gasteiger partial charge in [0.15, 0.2) is 5.65 Å². The fourth-order valence-electron chi connectivity index (χ4n) is 2.33. The van der Waals surface area contributed by atoms with E-state index in [9.17, 15) is 4.79 Å². The fraction of sp³-hybridized carbons (Fsp3) is 0.333. The Morgan fingerprint density at radius 1 is 1.27 bits per heavy atom.